The van der Waals surface area contributed by atoms with E-state index >= 15 is 0 Å². The molecule has 1 aromatic carbocycles. The molecule has 0 saturated carbocycles. The van der Waals surface area contributed by atoms with Gasteiger partial charge in [-0.2, -0.15) is 0 Å². The van der Waals surface area contributed by atoms with Crippen LogP contribution in [0, 0.1) is 12.3 Å². The third-order valence-corrected chi connectivity index (χ3v) is 3.75. The van der Waals surface area contributed by atoms with Gasteiger partial charge in [0.25, 0.3) is 0 Å². The smallest absolute Gasteiger partial charge is 0.229 e. The van der Waals surface area contributed by atoms with Crippen LogP contribution in [0.1, 0.15) is 26.3 Å². The second-order valence-corrected chi connectivity index (χ2v) is 7.10. The number of hydrogen-bond acceptors (Lipinski definition) is 3. The summed E-state index contributed by atoms with van der Waals surface area (Å²) in [5, 5.41) is 6.09. The summed E-state index contributed by atoms with van der Waals surface area (Å²) in [6, 6.07) is 9.74. The number of anilines is 3. The Bertz CT molecular complexity index is 675. The van der Waals surface area contributed by atoms with Crippen molar-refractivity contribution >= 4 is 39.0 Å². The Balaban J connectivity index is 2.07. The molecule has 0 atom stereocenters. The van der Waals surface area contributed by atoms with Gasteiger partial charge in [0.2, 0.25) is 5.91 Å². The van der Waals surface area contributed by atoms with E-state index in [0.29, 0.717) is 5.69 Å². The third kappa shape index (κ3) is 4.31. The molecule has 4 nitrogen and oxygen atoms in total. The van der Waals surface area contributed by atoms with Gasteiger partial charge in [-0.25, -0.2) is 4.98 Å². The van der Waals surface area contributed by atoms with E-state index in [4.69, 9.17) is 0 Å². The lowest BCUT2D eigenvalue weighted by atomic mass is 9.96. The van der Waals surface area contributed by atoms with Gasteiger partial charge >= 0.3 is 0 Å². The summed E-state index contributed by atoms with van der Waals surface area (Å²) in [5.41, 5.74) is 2.40. The summed E-state index contributed by atoms with van der Waals surface area (Å²) in [6.45, 7) is 7.67. The number of nitrogens with one attached hydrogen (secondary N) is 2. The minimum Gasteiger partial charge on any atom is -0.339 e. The number of carbonyl (C=O) groups excluding carboxylic acids is 1. The molecule has 0 aliphatic carbocycles. The van der Waals surface area contributed by atoms with E-state index in [9.17, 15) is 4.79 Å². The minimum atomic E-state index is -0.427. The number of carbonyl (C=O) groups is 1. The standard InChI is InChI=1S/C17H20BrN3O/c1-11-5-7-14(13(18)9-11)21-15-8-6-12(10-19-15)20-16(22)17(2,3)4/h5-10H,1-4H3,(H,19,21)(H,20,22). The van der Waals surface area contributed by atoms with E-state index in [0.717, 1.165) is 16.0 Å². The van der Waals surface area contributed by atoms with Crippen LogP contribution in [0.3, 0.4) is 0 Å². The Labute approximate surface area is 139 Å². The summed E-state index contributed by atoms with van der Waals surface area (Å²) in [4.78, 5) is 16.3. The SMILES string of the molecule is Cc1ccc(Nc2ccc(NC(=O)C(C)(C)C)cn2)c(Br)c1. The van der Waals surface area contributed by atoms with Crippen molar-refractivity contribution < 1.29 is 4.79 Å². The number of aromatic nitrogens is 1. The number of amides is 1. The molecule has 0 fully saturated rings. The van der Waals surface area contributed by atoms with Gasteiger partial charge in [0.05, 0.1) is 17.6 Å². The lowest BCUT2D eigenvalue weighted by Crippen LogP contribution is -2.27. The Hall–Kier alpha value is -1.88. The second kappa shape index (κ2) is 6.48. The molecule has 116 valence electrons. The van der Waals surface area contributed by atoms with Crippen molar-refractivity contribution in [3.8, 4) is 0 Å². The molecule has 0 aliphatic rings. The summed E-state index contributed by atoms with van der Waals surface area (Å²) in [6.07, 6.45) is 1.65. The second-order valence-electron chi connectivity index (χ2n) is 6.24. The van der Waals surface area contributed by atoms with Crippen LogP contribution in [0.4, 0.5) is 17.2 Å². The van der Waals surface area contributed by atoms with Crippen LogP contribution in [0.5, 0.6) is 0 Å². The summed E-state index contributed by atoms with van der Waals surface area (Å²) in [5.74, 6) is 0.689. The number of rotatable bonds is 3. The average molecular weight is 362 g/mol. The highest BCUT2D eigenvalue weighted by Gasteiger charge is 2.21. The van der Waals surface area contributed by atoms with Crippen molar-refractivity contribution in [2.24, 2.45) is 5.41 Å². The number of pyridine rings is 1. The predicted molar refractivity (Wildman–Crippen MR) is 94.5 cm³/mol. The maximum Gasteiger partial charge on any atom is 0.229 e. The molecule has 1 aromatic heterocycles. The highest BCUT2D eigenvalue weighted by Crippen LogP contribution is 2.26. The molecule has 1 amide bonds. The largest absolute Gasteiger partial charge is 0.339 e. The van der Waals surface area contributed by atoms with E-state index in [1.165, 1.54) is 5.56 Å². The van der Waals surface area contributed by atoms with Gasteiger partial charge in [0.1, 0.15) is 5.82 Å². The fourth-order valence-corrected chi connectivity index (χ4v) is 2.31. The van der Waals surface area contributed by atoms with Crippen molar-refractivity contribution in [3.05, 3.63) is 46.6 Å². The van der Waals surface area contributed by atoms with E-state index in [2.05, 4.69) is 31.5 Å². The molecule has 2 aromatic rings. The van der Waals surface area contributed by atoms with E-state index in [-0.39, 0.29) is 5.91 Å². The molecule has 2 rings (SSSR count). The molecule has 0 spiro atoms. The zero-order valence-electron chi connectivity index (χ0n) is 13.2. The first-order valence-electron chi connectivity index (χ1n) is 7.06. The lowest BCUT2D eigenvalue weighted by molar-refractivity contribution is -0.123. The Morgan fingerprint density at radius 3 is 2.45 bits per heavy atom. The first-order chi connectivity index (χ1) is 10.3. The molecule has 0 radical (unpaired) electrons. The summed E-state index contributed by atoms with van der Waals surface area (Å²) >= 11 is 3.53. The Morgan fingerprint density at radius 1 is 1.18 bits per heavy atom. The van der Waals surface area contributed by atoms with Gasteiger partial charge in [-0.1, -0.05) is 26.8 Å². The number of hydrogen-bond donors (Lipinski definition) is 2. The van der Waals surface area contributed by atoms with Gasteiger partial charge in [-0.05, 0) is 52.7 Å². The zero-order chi connectivity index (χ0) is 16.3. The van der Waals surface area contributed by atoms with Crippen LogP contribution in [-0.2, 0) is 4.79 Å². The first kappa shape index (κ1) is 16.5. The van der Waals surface area contributed by atoms with Crippen LogP contribution in [-0.4, -0.2) is 10.9 Å². The summed E-state index contributed by atoms with van der Waals surface area (Å²) < 4.78 is 0.986. The average Bonchev–Trinajstić information content (AvgIpc) is 2.43. The van der Waals surface area contributed by atoms with Crippen LogP contribution >= 0.6 is 15.9 Å². The van der Waals surface area contributed by atoms with Crippen molar-refractivity contribution in [1.29, 1.82) is 0 Å². The first-order valence-corrected chi connectivity index (χ1v) is 7.86. The maximum atomic E-state index is 11.9. The Morgan fingerprint density at radius 2 is 1.91 bits per heavy atom. The number of aryl methyl sites for hydroxylation is 1. The predicted octanol–water partition coefficient (Wildman–Crippen LogP) is 4.88. The van der Waals surface area contributed by atoms with Crippen LogP contribution in [0.15, 0.2) is 41.0 Å². The van der Waals surface area contributed by atoms with Crippen molar-refractivity contribution in [1.82, 2.24) is 4.98 Å². The minimum absolute atomic E-state index is 0.0312. The highest BCUT2D eigenvalue weighted by molar-refractivity contribution is 9.10. The van der Waals surface area contributed by atoms with Crippen LogP contribution < -0.4 is 10.6 Å². The van der Waals surface area contributed by atoms with Gasteiger partial charge in [0.15, 0.2) is 0 Å². The highest BCUT2D eigenvalue weighted by atomic mass is 79.9. The maximum absolute atomic E-state index is 11.9. The topological polar surface area (TPSA) is 54.0 Å². The Kier molecular flexibility index (Phi) is 4.86. The third-order valence-electron chi connectivity index (χ3n) is 3.09. The molecule has 0 unspecified atom stereocenters. The van der Waals surface area contributed by atoms with Gasteiger partial charge in [-0.15, -0.1) is 0 Å². The molecule has 0 bridgehead atoms. The van der Waals surface area contributed by atoms with Gasteiger partial charge < -0.3 is 10.6 Å². The number of nitrogens with zero attached hydrogens (tertiary/aromatic N) is 1. The van der Waals surface area contributed by atoms with E-state index in [1.54, 1.807) is 6.20 Å². The monoisotopic (exact) mass is 361 g/mol. The quantitative estimate of drug-likeness (QED) is 0.818. The molecular weight excluding hydrogens is 342 g/mol. The molecule has 0 aliphatic heterocycles. The normalized spacial score (nSPS) is 11.1. The van der Waals surface area contributed by atoms with Crippen LogP contribution in [0.25, 0.3) is 0 Å². The van der Waals surface area contributed by atoms with E-state index < -0.39 is 5.41 Å². The molecule has 1 heterocycles. The zero-order valence-corrected chi connectivity index (χ0v) is 14.8. The molecule has 0 saturated heterocycles. The fourth-order valence-electron chi connectivity index (χ4n) is 1.72. The molecular formula is C17H20BrN3O. The van der Waals surface area contributed by atoms with Crippen molar-refractivity contribution in [2.45, 2.75) is 27.7 Å². The van der Waals surface area contributed by atoms with E-state index in [1.807, 2.05) is 58.0 Å². The van der Waals surface area contributed by atoms with Crippen LogP contribution in [0.2, 0.25) is 0 Å². The summed E-state index contributed by atoms with van der Waals surface area (Å²) in [7, 11) is 0. The van der Waals surface area contributed by atoms with Crippen molar-refractivity contribution in [2.75, 3.05) is 10.6 Å². The number of halogens is 1. The molecule has 22 heavy (non-hydrogen) atoms. The van der Waals surface area contributed by atoms with Gasteiger partial charge in [-0.3, -0.25) is 4.79 Å². The fraction of sp³-hybridized carbons (Fsp3) is 0.294. The lowest BCUT2D eigenvalue weighted by Gasteiger charge is -2.17. The van der Waals surface area contributed by atoms with Gasteiger partial charge in [0, 0.05) is 9.89 Å². The number of benzene rings is 1. The molecule has 2 N–H and O–H groups in total. The molecule has 5 heteroatoms. The van der Waals surface area contributed by atoms with Crippen molar-refractivity contribution in [3.63, 3.8) is 0 Å².